The summed E-state index contributed by atoms with van der Waals surface area (Å²) >= 11 is 6.15. The van der Waals surface area contributed by atoms with Crippen molar-refractivity contribution in [2.24, 2.45) is 5.92 Å². The number of carbonyl (C=O) groups is 1. The van der Waals surface area contributed by atoms with E-state index >= 15 is 0 Å². The van der Waals surface area contributed by atoms with E-state index in [1.54, 1.807) is 19.2 Å². The molecule has 1 unspecified atom stereocenters. The Morgan fingerprint density at radius 3 is 2.63 bits per heavy atom. The van der Waals surface area contributed by atoms with E-state index in [2.05, 4.69) is 23.2 Å². The molecule has 1 amide bonds. The predicted molar refractivity (Wildman–Crippen MR) is 118 cm³/mol. The Hall–Kier alpha value is -2.11. The first-order valence-corrected chi connectivity index (χ1v) is 10.9. The number of rotatable bonds is 7. The normalized spacial score (nSPS) is 16.3. The molecule has 2 aromatic carbocycles. The van der Waals surface area contributed by atoms with Crippen LogP contribution in [0.25, 0.3) is 0 Å². The zero-order chi connectivity index (χ0) is 21.7. The lowest BCUT2D eigenvalue weighted by Gasteiger charge is -2.32. The molecule has 1 atom stereocenters. The molecule has 1 aliphatic rings. The van der Waals surface area contributed by atoms with Crippen LogP contribution >= 0.6 is 11.6 Å². The number of halogens is 2. The van der Waals surface area contributed by atoms with Gasteiger partial charge in [0.2, 0.25) is 5.91 Å². The number of benzene rings is 2. The maximum atomic E-state index is 14.0. The summed E-state index contributed by atoms with van der Waals surface area (Å²) in [4.78, 5) is 15.1. The second-order valence-electron chi connectivity index (χ2n) is 7.95. The molecule has 1 fully saturated rings. The highest BCUT2D eigenvalue weighted by molar-refractivity contribution is 6.31. The van der Waals surface area contributed by atoms with Crippen molar-refractivity contribution >= 4 is 17.5 Å². The molecule has 0 radical (unpaired) electrons. The van der Waals surface area contributed by atoms with Gasteiger partial charge in [0, 0.05) is 23.0 Å². The number of amides is 1. The summed E-state index contributed by atoms with van der Waals surface area (Å²) in [6.07, 6.45) is 2.34. The summed E-state index contributed by atoms with van der Waals surface area (Å²) in [5.41, 5.74) is 2.68. The minimum absolute atomic E-state index is 0.0163. The highest BCUT2D eigenvalue weighted by Gasteiger charge is 2.27. The Balaban J connectivity index is 1.56. The van der Waals surface area contributed by atoms with Crippen LogP contribution in [0.5, 0.6) is 5.75 Å². The topological polar surface area (TPSA) is 41.6 Å². The summed E-state index contributed by atoms with van der Waals surface area (Å²) in [6, 6.07) is 10.8. The average Bonchev–Trinajstić information content (AvgIpc) is 2.75. The van der Waals surface area contributed by atoms with Gasteiger partial charge in [-0.3, -0.25) is 9.69 Å². The summed E-state index contributed by atoms with van der Waals surface area (Å²) in [7, 11) is 1.66. The lowest BCUT2D eigenvalue weighted by Crippen LogP contribution is -2.41. The van der Waals surface area contributed by atoms with Gasteiger partial charge in [-0.2, -0.15) is 0 Å². The maximum absolute atomic E-state index is 14.0. The number of methoxy groups -OCH3 is 1. The molecule has 0 bridgehead atoms. The van der Waals surface area contributed by atoms with E-state index in [1.165, 1.54) is 6.07 Å². The smallest absolute Gasteiger partial charge is 0.223 e. The second kappa shape index (κ2) is 10.3. The van der Waals surface area contributed by atoms with Crippen molar-refractivity contribution < 1.29 is 13.9 Å². The van der Waals surface area contributed by atoms with Crippen LogP contribution in [0.3, 0.4) is 0 Å². The standard InChI is InChI=1S/C24H30ClFN2O2/c1-4-22(18-8-9-23(30-3)16(2)14-18)27-24(29)17-10-12-28(13-11-17)15-19-20(25)6-5-7-21(19)26/h5-9,14,17,22H,4,10-13,15H2,1-3H3,(H,27,29). The first-order valence-electron chi connectivity index (χ1n) is 10.5. The van der Waals surface area contributed by atoms with E-state index < -0.39 is 0 Å². The van der Waals surface area contributed by atoms with Crippen LogP contribution in [0.2, 0.25) is 5.02 Å². The number of ether oxygens (including phenoxy) is 1. The fourth-order valence-corrected chi connectivity index (χ4v) is 4.31. The Bertz CT molecular complexity index is 861. The summed E-state index contributed by atoms with van der Waals surface area (Å²) in [5.74, 6) is 0.648. The number of piperidine rings is 1. The number of aryl methyl sites for hydroxylation is 1. The zero-order valence-electron chi connectivity index (χ0n) is 17.9. The van der Waals surface area contributed by atoms with Crippen molar-refractivity contribution in [1.82, 2.24) is 10.2 Å². The van der Waals surface area contributed by atoms with E-state index in [0.717, 1.165) is 49.2 Å². The van der Waals surface area contributed by atoms with Crippen molar-refractivity contribution in [3.8, 4) is 5.75 Å². The van der Waals surface area contributed by atoms with Gasteiger partial charge in [0.25, 0.3) is 0 Å². The van der Waals surface area contributed by atoms with Gasteiger partial charge in [-0.15, -0.1) is 0 Å². The van der Waals surface area contributed by atoms with Crippen LogP contribution in [0.4, 0.5) is 4.39 Å². The predicted octanol–water partition coefficient (Wildman–Crippen LogP) is 5.28. The van der Waals surface area contributed by atoms with Gasteiger partial charge in [0.05, 0.1) is 13.2 Å². The molecule has 0 spiro atoms. The fraction of sp³-hybridized carbons (Fsp3) is 0.458. The Morgan fingerprint density at radius 2 is 2.03 bits per heavy atom. The summed E-state index contributed by atoms with van der Waals surface area (Å²) in [5, 5.41) is 3.67. The van der Waals surface area contributed by atoms with Crippen LogP contribution in [0.15, 0.2) is 36.4 Å². The van der Waals surface area contributed by atoms with Crippen molar-refractivity contribution in [2.45, 2.75) is 45.7 Å². The minimum Gasteiger partial charge on any atom is -0.496 e. The van der Waals surface area contributed by atoms with E-state index in [-0.39, 0.29) is 23.7 Å². The van der Waals surface area contributed by atoms with E-state index in [4.69, 9.17) is 16.3 Å². The molecule has 162 valence electrons. The first-order chi connectivity index (χ1) is 14.4. The molecular weight excluding hydrogens is 403 g/mol. The number of nitrogens with one attached hydrogen (secondary N) is 1. The first kappa shape index (κ1) is 22.6. The van der Waals surface area contributed by atoms with E-state index in [1.807, 2.05) is 19.1 Å². The third kappa shape index (κ3) is 5.32. The number of nitrogens with zero attached hydrogens (tertiary/aromatic N) is 1. The molecule has 0 aromatic heterocycles. The summed E-state index contributed by atoms with van der Waals surface area (Å²) < 4.78 is 19.4. The SMILES string of the molecule is CCC(NC(=O)C1CCN(Cc2c(F)cccc2Cl)CC1)c1ccc(OC)c(C)c1. The molecule has 1 N–H and O–H groups in total. The van der Waals surface area contributed by atoms with E-state index in [9.17, 15) is 9.18 Å². The highest BCUT2D eigenvalue weighted by Crippen LogP contribution is 2.27. The lowest BCUT2D eigenvalue weighted by atomic mass is 9.94. The van der Waals surface area contributed by atoms with Gasteiger partial charge in [-0.05, 0) is 68.6 Å². The van der Waals surface area contributed by atoms with Gasteiger partial charge >= 0.3 is 0 Å². The third-order valence-corrected chi connectivity index (χ3v) is 6.30. The van der Waals surface area contributed by atoms with Gasteiger partial charge in [0.1, 0.15) is 11.6 Å². The molecule has 6 heteroatoms. The second-order valence-corrected chi connectivity index (χ2v) is 8.36. The molecule has 1 aliphatic heterocycles. The van der Waals surface area contributed by atoms with Crippen LogP contribution in [-0.2, 0) is 11.3 Å². The van der Waals surface area contributed by atoms with Crippen LogP contribution < -0.4 is 10.1 Å². The Morgan fingerprint density at radius 1 is 1.30 bits per heavy atom. The molecule has 1 heterocycles. The quantitative estimate of drug-likeness (QED) is 0.647. The fourth-order valence-electron chi connectivity index (χ4n) is 4.09. The maximum Gasteiger partial charge on any atom is 0.223 e. The number of likely N-dealkylation sites (tertiary alicyclic amines) is 1. The molecular formula is C24H30ClFN2O2. The van der Waals surface area contributed by atoms with Crippen molar-refractivity contribution in [3.05, 3.63) is 63.9 Å². The third-order valence-electron chi connectivity index (χ3n) is 5.95. The Labute approximate surface area is 183 Å². The van der Waals surface area contributed by atoms with Gasteiger partial charge in [-0.25, -0.2) is 4.39 Å². The van der Waals surface area contributed by atoms with Gasteiger partial charge in [-0.1, -0.05) is 36.7 Å². The van der Waals surface area contributed by atoms with Crippen LogP contribution in [-0.4, -0.2) is 31.0 Å². The minimum atomic E-state index is -0.275. The molecule has 0 saturated carbocycles. The zero-order valence-corrected chi connectivity index (χ0v) is 18.6. The molecule has 4 nitrogen and oxygen atoms in total. The molecule has 30 heavy (non-hydrogen) atoms. The van der Waals surface area contributed by atoms with Crippen molar-refractivity contribution in [2.75, 3.05) is 20.2 Å². The van der Waals surface area contributed by atoms with Crippen LogP contribution in [0.1, 0.15) is 48.9 Å². The monoisotopic (exact) mass is 432 g/mol. The molecule has 2 aromatic rings. The molecule has 0 aliphatic carbocycles. The largest absolute Gasteiger partial charge is 0.496 e. The molecule has 3 rings (SSSR count). The van der Waals surface area contributed by atoms with Crippen molar-refractivity contribution in [3.63, 3.8) is 0 Å². The lowest BCUT2D eigenvalue weighted by molar-refractivity contribution is -0.127. The highest BCUT2D eigenvalue weighted by atomic mass is 35.5. The number of carbonyl (C=O) groups excluding carboxylic acids is 1. The van der Waals surface area contributed by atoms with Crippen molar-refractivity contribution in [1.29, 1.82) is 0 Å². The number of hydrogen-bond donors (Lipinski definition) is 1. The number of hydrogen-bond acceptors (Lipinski definition) is 3. The van der Waals surface area contributed by atoms with Crippen LogP contribution in [0, 0.1) is 18.7 Å². The molecule has 1 saturated heterocycles. The summed E-state index contributed by atoms with van der Waals surface area (Å²) in [6.45, 7) is 6.06. The Kier molecular flexibility index (Phi) is 7.73. The average molecular weight is 433 g/mol. The van der Waals surface area contributed by atoms with Gasteiger partial charge in [0.15, 0.2) is 0 Å². The van der Waals surface area contributed by atoms with Gasteiger partial charge < -0.3 is 10.1 Å². The van der Waals surface area contributed by atoms with E-state index in [0.29, 0.717) is 17.1 Å².